The fourth-order valence-electron chi connectivity index (χ4n) is 3.84. The number of benzene rings is 1. The average molecular weight is 363 g/mol. The van der Waals surface area contributed by atoms with E-state index in [0.29, 0.717) is 0 Å². The first kappa shape index (κ1) is 18.8. The number of thiol groups is 1. The summed E-state index contributed by atoms with van der Waals surface area (Å²) in [6.45, 7) is 15.2. The summed E-state index contributed by atoms with van der Waals surface area (Å²) in [6, 6.07) is 6.24. The number of fused-ring (bicyclic) bond motifs is 2. The summed E-state index contributed by atoms with van der Waals surface area (Å²) in [4.78, 5) is 0. The number of nitrogens with one attached hydrogen (secondary N) is 2. The van der Waals surface area contributed by atoms with Crippen LogP contribution in [0.1, 0.15) is 70.6 Å². The lowest BCUT2D eigenvalue weighted by atomic mass is 9.89. The van der Waals surface area contributed by atoms with Crippen LogP contribution < -0.4 is 10.4 Å². The first-order valence-electron chi connectivity index (χ1n) is 8.90. The molecule has 2 atom stereocenters. The largest absolute Gasteiger partial charge is 0.633 e. The van der Waals surface area contributed by atoms with Gasteiger partial charge in [0.15, 0.2) is 0 Å². The Morgan fingerprint density at radius 3 is 2.24 bits per heavy atom. The molecule has 0 bridgehead atoms. The molecule has 25 heavy (non-hydrogen) atoms. The van der Waals surface area contributed by atoms with Crippen molar-refractivity contribution < 1.29 is 9.48 Å². The lowest BCUT2D eigenvalue weighted by Gasteiger charge is -2.40. The van der Waals surface area contributed by atoms with Gasteiger partial charge >= 0.3 is 0 Å². The Kier molecular flexibility index (Phi) is 4.31. The number of hydrogen-bond acceptors (Lipinski definition) is 4. The highest BCUT2D eigenvalue weighted by Gasteiger charge is 2.49. The summed E-state index contributed by atoms with van der Waals surface area (Å²) < 4.78 is 6.09. The molecule has 2 aromatic rings. The summed E-state index contributed by atoms with van der Waals surface area (Å²) in [6.07, 6.45) is 0. The maximum Gasteiger partial charge on any atom is 0.134 e. The SMILES string of the molecule is CC(C)(C)NCC(S)c1cc2cc3c(cc2o1)C(C)(C)[NH+]([O-])C3(C)C. The molecule has 0 radical (unpaired) electrons. The van der Waals surface area contributed by atoms with Crippen molar-refractivity contribution >= 4 is 23.6 Å². The van der Waals surface area contributed by atoms with Gasteiger partial charge in [0.1, 0.15) is 22.4 Å². The Balaban J connectivity index is 1.99. The van der Waals surface area contributed by atoms with Crippen LogP contribution in [0.15, 0.2) is 22.6 Å². The van der Waals surface area contributed by atoms with Gasteiger partial charge in [0, 0.05) is 28.6 Å². The van der Waals surface area contributed by atoms with E-state index < -0.39 is 11.1 Å². The molecule has 0 saturated carbocycles. The topological polar surface area (TPSA) is 52.7 Å². The normalized spacial score (nSPS) is 23.0. The van der Waals surface area contributed by atoms with Crippen LogP contribution in [-0.2, 0) is 11.1 Å². The van der Waals surface area contributed by atoms with Crippen molar-refractivity contribution in [3.05, 3.63) is 40.3 Å². The highest BCUT2D eigenvalue weighted by Crippen LogP contribution is 2.40. The Bertz CT molecular complexity index is 749. The molecule has 3 rings (SSSR count). The van der Waals surface area contributed by atoms with E-state index in [1.165, 1.54) is 0 Å². The van der Waals surface area contributed by atoms with E-state index in [1.807, 2.05) is 27.7 Å². The van der Waals surface area contributed by atoms with Gasteiger partial charge < -0.3 is 20.0 Å². The van der Waals surface area contributed by atoms with Crippen molar-refractivity contribution in [1.82, 2.24) is 5.32 Å². The van der Waals surface area contributed by atoms with E-state index in [9.17, 15) is 5.21 Å². The summed E-state index contributed by atoms with van der Waals surface area (Å²) in [5.74, 6) is 0.862. The molecule has 1 aliphatic heterocycles. The number of rotatable bonds is 3. The van der Waals surface area contributed by atoms with Gasteiger partial charge in [-0.3, -0.25) is 0 Å². The van der Waals surface area contributed by atoms with Gasteiger partial charge in [-0.2, -0.15) is 12.6 Å². The molecule has 2 N–H and O–H groups in total. The molecule has 5 heteroatoms. The van der Waals surface area contributed by atoms with Crippen LogP contribution in [-0.4, -0.2) is 12.1 Å². The van der Waals surface area contributed by atoms with Gasteiger partial charge in [0.05, 0.1) is 5.25 Å². The third kappa shape index (κ3) is 3.12. The number of quaternary nitrogens is 1. The zero-order valence-electron chi connectivity index (χ0n) is 16.3. The summed E-state index contributed by atoms with van der Waals surface area (Å²) in [5.41, 5.74) is 2.14. The minimum absolute atomic E-state index is 0.0101. The average Bonchev–Trinajstić information content (AvgIpc) is 2.97. The molecule has 0 saturated heterocycles. The Labute approximate surface area is 155 Å². The fourth-order valence-corrected chi connectivity index (χ4v) is 4.05. The maximum atomic E-state index is 12.8. The van der Waals surface area contributed by atoms with E-state index in [4.69, 9.17) is 17.0 Å². The van der Waals surface area contributed by atoms with E-state index in [0.717, 1.165) is 34.4 Å². The number of furan rings is 1. The van der Waals surface area contributed by atoms with Crippen LogP contribution in [0.3, 0.4) is 0 Å². The monoisotopic (exact) mass is 362 g/mol. The smallest absolute Gasteiger partial charge is 0.134 e. The van der Waals surface area contributed by atoms with Gasteiger partial charge in [-0.25, -0.2) is 0 Å². The van der Waals surface area contributed by atoms with E-state index in [-0.39, 0.29) is 15.9 Å². The second-order valence-electron chi connectivity index (χ2n) is 9.31. The lowest BCUT2D eigenvalue weighted by molar-refractivity contribution is -0.955. The summed E-state index contributed by atoms with van der Waals surface area (Å²) >= 11 is 4.70. The third-order valence-corrected chi connectivity index (χ3v) is 5.75. The van der Waals surface area contributed by atoms with Gasteiger partial charge in [-0.15, -0.1) is 0 Å². The van der Waals surface area contributed by atoms with Gasteiger partial charge in [0.25, 0.3) is 0 Å². The molecule has 1 aromatic heterocycles. The molecule has 2 unspecified atom stereocenters. The van der Waals surface area contributed by atoms with Crippen LogP contribution in [0.2, 0.25) is 0 Å². The molecular weight excluding hydrogens is 332 g/mol. The molecule has 1 aliphatic rings. The molecule has 0 fully saturated rings. The van der Waals surface area contributed by atoms with Gasteiger partial charge in [-0.05, 0) is 66.7 Å². The molecule has 0 spiro atoms. The number of hydrogen-bond donors (Lipinski definition) is 3. The molecule has 0 aliphatic carbocycles. The van der Waals surface area contributed by atoms with Gasteiger partial charge in [0.2, 0.25) is 0 Å². The van der Waals surface area contributed by atoms with Crippen LogP contribution in [0, 0.1) is 5.21 Å². The Hall–Kier alpha value is -1.01. The van der Waals surface area contributed by atoms with Crippen LogP contribution >= 0.6 is 12.6 Å². The van der Waals surface area contributed by atoms with Crippen LogP contribution in [0.25, 0.3) is 11.0 Å². The second-order valence-corrected chi connectivity index (χ2v) is 9.93. The fraction of sp³-hybridized carbons (Fsp3) is 0.600. The molecule has 2 heterocycles. The van der Waals surface area contributed by atoms with E-state index in [1.54, 1.807) is 0 Å². The van der Waals surface area contributed by atoms with E-state index >= 15 is 0 Å². The lowest BCUT2D eigenvalue weighted by Crippen LogP contribution is -3.17. The minimum atomic E-state index is -0.478. The van der Waals surface area contributed by atoms with Crippen molar-refractivity contribution in [2.75, 3.05) is 6.54 Å². The van der Waals surface area contributed by atoms with E-state index in [2.05, 4.69) is 44.3 Å². The van der Waals surface area contributed by atoms with Crippen molar-refractivity contribution in [3.8, 4) is 0 Å². The summed E-state index contributed by atoms with van der Waals surface area (Å²) in [5, 5.41) is 17.6. The first-order valence-corrected chi connectivity index (χ1v) is 9.42. The zero-order valence-corrected chi connectivity index (χ0v) is 17.2. The predicted molar refractivity (Wildman–Crippen MR) is 106 cm³/mol. The van der Waals surface area contributed by atoms with Crippen molar-refractivity contribution in [2.24, 2.45) is 0 Å². The highest BCUT2D eigenvalue weighted by atomic mass is 32.1. The molecule has 138 valence electrons. The second kappa shape index (κ2) is 5.74. The highest BCUT2D eigenvalue weighted by molar-refractivity contribution is 7.80. The van der Waals surface area contributed by atoms with Crippen LogP contribution in [0.4, 0.5) is 0 Å². The Morgan fingerprint density at radius 1 is 1.12 bits per heavy atom. The van der Waals surface area contributed by atoms with Crippen molar-refractivity contribution in [2.45, 2.75) is 70.3 Å². The standard InChI is InChI=1S/C20H30N2O2S/c1-18(2,3)21-11-17(25)16-9-12-8-13-14(10-15(12)24-16)20(6,7)22(23)19(13,4)5/h8-10,17,21-22,25H,11H2,1-7H3. The zero-order chi connectivity index (χ0) is 18.8. The minimum Gasteiger partial charge on any atom is -0.633 e. The predicted octanol–water partition coefficient (Wildman–Crippen LogP) is 3.66. The van der Waals surface area contributed by atoms with Gasteiger partial charge in [-0.1, -0.05) is 0 Å². The van der Waals surface area contributed by atoms with Crippen molar-refractivity contribution in [1.29, 1.82) is 0 Å². The first-order chi connectivity index (χ1) is 11.3. The quantitative estimate of drug-likeness (QED) is 0.577. The molecule has 4 nitrogen and oxygen atoms in total. The molecular formula is C20H30N2O2S. The maximum absolute atomic E-state index is 12.8. The molecule has 1 aromatic carbocycles. The van der Waals surface area contributed by atoms with Crippen LogP contribution in [0.5, 0.6) is 0 Å². The van der Waals surface area contributed by atoms with Crippen molar-refractivity contribution in [3.63, 3.8) is 0 Å². The summed E-state index contributed by atoms with van der Waals surface area (Å²) in [7, 11) is 0. The molecule has 0 amide bonds. The third-order valence-electron chi connectivity index (χ3n) is 5.31. The Morgan fingerprint density at radius 2 is 1.68 bits per heavy atom. The number of hydroxylamine groups is 2.